The van der Waals surface area contributed by atoms with E-state index >= 15 is 0 Å². The van der Waals surface area contributed by atoms with E-state index < -0.39 is 0 Å². The summed E-state index contributed by atoms with van der Waals surface area (Å²) in [6.45, 7) is 7.97. The van der Waals surface area contributed by atoms with Gasteiger partial charge in [0.25, 0.3) is 0 Å². The number of rotatable bonds is 5. The van der Waals surface area contributed by atoms with E-state index in [1.54, 1.807) is 6.07 Å². The Morgan fingerprint density at radius 1 is 1.33 bits per heavy atom. The molecule has 1 atom stereocenters. The lowest BCUT2D eigenvalue weighted by molar-refractivity contribution is -0.0405. The summed E-state index contributed by atoms with van der Waals surface area (Å²) in [4.78, 5) is 8.77. The first-order valence-electron chi connectivity index (χ1n) is 10.7. The van der Waals surface area contributed by atoms with Gasteiger partial charge in [-0.15, -0.1) is 0 Å². The number of nitrogens with one attached hydrogen (secondary N) is 2. The van der Waals surface area contributed by atoms with Gasteiger partial charge in [-0.25, -0.2) is 9.97 Å². The molecule has 0 amide bonds. The molecule has 1 saturated heterocycles. The molecule has 1 spiro atoms. The van der Waals surface area contributed by atoms with Gasteiger partial charge in [-0.3, -0.25) is 0 Å². The SMILES string of the molecule is CC.Cc1c(Nc2ccc(CC#N)cc2Cl)ncnc1OC1CCNCC12CCC2. The molecule has 160 valence electrons. The van der Waals surface area contributed by atoms with Crippen LogP contribution in [0.2, 0.25) is 5.02 Å². The molecule has 0 bridgehead atoms. The maximum absolute atomic E-state index is 8.83. The summed E-state index contributed by atoms with van der Waals surface area (Å²) in [6, 6.07) is 7.69. The summed E-state index contributed by atoms with van der Waals surface area (Å²) in [5, 5.41) is 16.2. The smallest absolute Gasteiger partial charge is 0.221 e. The normalized spacial score (nSPS) is 19.1. The van der Waals surface area contributed by atoms with Crippen molar-refractivity contribution in [1.82, 2.24) is 15.3 Å². The van der Waals surface area contributed by atoms with Crippen LogP contribution in [0, 0.1) is 23.7 Å². The molecule has 2 aliphatic rings. The minimum absolute atomic E-state index is 0.192. The summed E-state index contributed by atoms with van der Waals surface area (Å²) in [6.07, 6.45) is 6.75. The number of hydrogen-bond donors (Lipinski definition) is 2. The maximum atomic E-state index is 8.83. The van der Waals surface area contributed by atoms with Crippen molar-refractivity contribution >= 4 is 23.1 Å². The van der Waals surface area contributed by atoms with Gasteiger partial charge in [0.05, 0.1) is 28.8 Å². The fraction of sp³-hybridized carbons (Fsp3) is 0.522. The minimum Gasteiger partial charge on any atom is -0.473 e. The number of anilines is 2. The van der Waals surface area contributed by atoms with Gasteiger partial charge in [-0.2, -0.15) is 5.26 Å². The van der Waals surface area contributed by atoms with Gasteiger partial charge in [0.15, 0.2) is 0 Å². The van der Waals surface area contributed by atoms with E-state index in [0.717, 1.165) is 36.3 Å². The molecule has 1 aromatic carbocycles. The van der Waals surface area contributed by atoms with Crippen LogP contribution in [0.1, 0.15) is 50.7 Å². The van der Waals surface area contributed by atoms with Crippen molar-refractivity contribution in [2.24, 2.45) is 5.41 Å². The van der Waals surface area contributed by atoms with E-state index in [-0.39, 0.29) is 11.5 Å². The molecule has 2 heterocycles. The van der Waals surface area contributed by atoms with Crippen molar-refractivity contribution in [1.29, 1.82) is 5.26 Å². The van der Waals surface area contributed by atoms with E-state index in [4.69, 9.17) is 21.6 Å². The Labute approximate surface area is 184 Å². The van der Waals surface area contributed by atoms with Gasteiger partial charge in [-0.05, 0) is 50.4 Å². The monoisotopic (exact) mass is 427 g/mol. The highest BCUT2D eigenvalue weighted by Gasteiger charge is 2.47. The quantitative estimate of drug-likeness (QED) is 0.683. The Hall–Kier alpha value is -2.36. The van der Waals surface area contributed by atoms with E-state index in [1.165, 1.54) is 25.6 Å². The first-order chi connectivity index (χ1) is 14.6. The number of benzene rings is 1. The molecule has 2 fully saturated rings. The molecule has 1 saturated carbocycles. The van der Waals surface area contributed by atoms with Crippen LogP contribution in [0.25, 0.3) is 0 Å². The minimum atomic E-state index is 0.192. The highest BCUT2D eigenvalue weighted by molar-refractivity contribution is 6.33. The molecule has 2 aromatic rings. The number of aromatic nitrogens is 2. The van der Waals surface area contributed by atoms with E-state index in [9.17, 15) is 0 Å². The Balaban J connectivity index is 0.00000124. The molecule has 30 heavy (non-hydrogen) atoms. The van der Waals surface area contributed by atoms with Crippen molar-refractivity contribution in [2.45, 2.75) is 59.0 Å². The second-order valence-electron chi connectivity index (χ2n) is 7.71. The standard InChI is InChI=1S/C21H24ClN5O.C2H6/c1-14-19(27-17-4-3-15(5-9-23)11-16(17)22)25-13-26-20(14)28-18-6-10-24-12-21(18)7-2-8-21;1-2/h3-4,11,13,18,24H,2,5-8,10,12H2,1H3,(H,25,26,27);1-2H3. The van der Waals surface area contributed by atoms with Crippen molar-refractivity contribution in [2.75, 3.05) is 18.4 Å². The van der Waals surface area contributed by atoms with E-state index in [2.05, 4.69) is 26.7 Å². The average molecular weight is 428 g/mol. The lowest BCUT2D eigenvalue weighted by Crippen LogP contribution is -2.55. The zero-order valence-electron chi connectivity index (χ0n) is 18.0. The second-order valence-corrected chi connectivity index (χ2v) is 8.12. The number of halogens is 1. The van der Waals surface area contributed by atoms with E-state index in [0.29, 0.717) is 23.1 Å². The largest absolute Gasteiger partial charge is 0.473 e. The number of nitrogens with zero attached hydrogens (tertiary/aromatic N) is 3. The van der Waals surface area contributed by atoms with Crippen LogP contribution < -0.4 is 15.4 Å². The first-order valence-corrected chi connectivity index (χ1v) is 11.1. The Kier molecular flexibility index (Phi) is 7.52. The molecule has 0 radical (unpaired) electrons. The predicted octanol–water partition coefficient (Wildman–Crippen LogP) is 5.19. The van der Waals surface area contributed by atoms with Crippen molar-refractivity contribution in [3.05, 3.63) is 40.7 Å². The molecule has 2 N–H and O–H groups in total. The van der Waals surface area contributed by atoms with Gasteiger partial charge in [-0.1, -0.05) is 37.9 Å². The summed E-state index contributed by atoms with van der Waals surface area (Å²) in [7, 11) is 0. The molecule has 1 unspecified atom stereocenters. The van der Waals surface area contributed by atoms with Crippen LogP contribution in [0.5, 0.6) is 5.88 Å². The van der Waals surface area contributed by atoms with Crippen molar-refractivity contribution < 1.29 is 4.74 Å². The third-order valence-corrected chi connectivity index (χ3v) is 6.27. The molecule has 1 aromatic heterocycles. The molecule has 1 aliphatic heterocycles. The molecular weight excluding hydrogens is 398 g/mol. The van der Waals surface area contributed by atoms with Gasteiger partial charge in [0.1, 0.15) is 18.2 Å². The van der Waals surface area contributed by atoms with Crippen molar-refractivity contribution in [3.8, 4) is 11.9 Å². The van der Waals surface area contributed by atoms with Crippen LogP contribution in [-0.4, -0.2) is 29.2 Å². The van der Waals surface area contributed by atoms with Gasteiger partial charge in [0, 0.05) is 12.0 Å². The highest BCUT2D eigenvalue weighted by Crippen LogP contribution is 2.47. The topological polar surface area (TPSA) is 82.9 Å². The number of nitriles is 1. The molecule has 7 heteroatoms. The first kappa shape index (κ1) is 22.3. The Morgan fingerprint density at radius 2 is 2.13 bits per heavy atom. The molecule has 1 aliphatic carbocycles. The van der Waals surface area contributed by atoms with Gasteiger partial charge >= 0.3 is 0 Å². The lowest BCUT2D eigenvalue weighted by atomic mass is 9.63. The number of piperidine rings is 1. The fourth-order valence-electron chi connectivity index (χ4n) is 4.11. The van der Waals surface area contributed by atoms with Gasteiger partial charge < -0.3 is 15.4 Å². The Bertz CT molecular complexity index is 907. The highest BCUT2D eigenvalue weighted by atomic mass is 35.5. The average Bonchev–Trinajstić information content (AvgIpc) is 2.73. The van der Waals surface area contributed by atoms with Crippen LogP contribution in [-0.2, 0) is 6.42 Å². The predicted molar refractivity (Wildman–Crippen MR) is 120 cm³/mol. The zero-order valence-corrected chi connectivity index (χ0v) is 18.7. The lowest BCUT2D eigenvalue weighted by Gasteiger charge is -2.50. The van der Waals surface area contributed by atoms with Crippen LogP contribution in [0.3, 0.4) is 0 Å². The molecule has 6 nitrogen and oxygen atoms in total. The number of ether oxygens (including phenoxy) is 1. The summed E-state index contributed by atoms with van der Waals surface area (Å²) >= 11 is 6.37. The third kappa shape index (κ3) is 4.69. The summed E-state index contributed by atoms with van der Waals surface area (Å²) in [5.74, 6) is 1.31. The van der Waals surface area contributed by atoms with Crippen LogP contribution in [0.4, 0.5) is 11.5 Å². The maximum Gasteiger partial charge on any atom is 0.221 e. The van der Waals surface area contributed by atoms with E-state index in [1.807, 2.05) is 32.9 Å². The zero-order chi connectivity index (χ0) is 21.6. The van der Waals surface area contributed by atoms with Crippen LogP contribution in [0.15, 0.2) is 24.5 Å². The number of hydrogen-bond acceptors (Lipinski definition) is 6. The second kappa shape index (κ2) is 10.1. The summed E-state index contributed by atoms with van der Waals surface area (Å²) in [5.41, 5.74) is 2.75. The third-order valence-electron chi connectivity index (χ3n) is 5.95. The van der Waals surface area contributed by atoms with Gasteiger partial charge in [0.2, 0.25) is 5.88 Å². The van der Waals surface area contributed by atoms with Crippen molar-refractivity contribution in [3.63, 3.8) is 0 Å². The Morgan fingerprint density at radius 3 is 2.80 bits per heavy atom. The molecule has 4 rings (SSSR count). The summed E-state index contributed by atoms with van der Waals surface area (Å²) < 4.78 is 6.40. The fourth-order valence-corrected chi connectivity index (χ4v) is 4.36. The van der Waals surface area contributed by atoms with Crippen LogP contribution >= 0.6 is 11.6 Å². The molecular formula is C23H30ClN5O.